The topological polar surface area (TPSA) is 63.6 Å². The maximum Gasteiger partial charge on any atom is 0.323 e. The maximum absolute atomic E-state index is 13.8. The van der Waals surface area contributed by atoms with Crippen molar-refractivity contribution in [3.8, 4) is 0 Å². The number of hydrogen-bond donors (Lipinski definition) is 1. The van der Waals surface area contributed by atoms with Crippen LogP contribution in [-0.2, 0) is 21.5 Å². The van der Waals surface area contributed by atoms with E-state index in [1.807, 2.05) is 103 Å². The number of aromatic nitrogens is 1. The molecule has 0 aliphatic rings. The molecule has 0 unspecified atom stereocenters. The minimum Gasteiger partial charge on any atom is -0.468 e. The molecule has 244 valence electrons. The average Bonchev–Trinajstić information content (AvgIpc) is 3.20. The summed E-state index contributed by atoms with van der Waals surface area (Å²) < 4.78 is 5.49. The fraction of sp³-hybridized carbons (Fsp3) is 0.0889. The molecule has 0 aliphatic carbocycles. The number of methoxy groups -OCH3 is 1. The second-order valence-corrected chi connectivity index (χ2v) is 12.1. The summed E-state index contributed by atoms with van der Waals surface area (Å²) in [5.41, 5.74) is 7.53. The number of carbonyl (C=O) groups is 1. The number of esters is 1. The number of nitrogens with one attached hydrogen (secondary N) is 1. The van der Waals surface area contributed by atoms with Gasteiger partial charge in [0.15, 0.2) is 0 Å². The first-order valence-electron chi connectivity index (χ1n) is 16.8. The van der Waals surface area contributed by atoms with Crippen molar-refractivity contribution in [1.29, 1.82) is 0 Å². The van der Waals surface area contributed by atoms with Crippen LogP contribution in [-0.4, -0.2) is 29.8 Å². The van der Waals surface area contributed by atoms with E-state index in [4.69, 9.17) is 14.7 Å². The first-order valence-corrected chi connectivity index (χ1v) is 16.8. The van der Waals surface area contributed by atoms with Crippen LogP contribution in [0.15, 0.2) is 187 Å². The first-order chi connectivity index (χ1) is 24.7. The summed E-state index contributed by atoms with van der Waals surface area (Å²) in [5.74, 6) is -0.355. The molecule has 0 aliphatic heterocycles. The summed E-state index contributed by atoms with van der Waals surface area (Å²) in [6.45, 7) is 0. The minimum absolute atomic E-state index is 0.355. The van der Waals surface area contributed by atoms with Crippen LogP contribution in [0.4, 0.5) is 5.69 Å². The lowest BCUT2D eigenvalue weighted by molar-refractivity contribution is -0.143. The molecule has 1 N–H and O–H groups in total. The highest BCUT2D eigenvalue weighted by Gasteiger charge is 2.40. The second kappa shape index (κ2) is 14.9. The third kappa shape index (κ3) is 6.59. The Morgan fingerprint density at radius 2 is 1.12 bits per heavy atom. The van der Waals surface area contributed by atoms with E-state index in [1.165, 1.54) is 7.11 Å². The number of rotatable bonds is 11. The van der Waals surface area contributed by atoms with Crippen molar-refractivity contribution < 1.29 is 9.53 Å². The Morgan fingerprint density at radius 3 is 1.60 bits per heavy atom. The van der Waals surface area contributed by atoms with Crippen LogP contribution in [0.3, 0.4) is 0 Å². The summed E-state index contributed by atoms with van der Waals surface area (Å²) in [6, 6.07) is 58.5. The third-order valence-electron chi connectivity index (χ3n) is 9.09. The van der Waals surface area contributed by atoms with Crippen molar-refractivity contribution in [1.82, 2.24) is 10.3 Å². The van der Waals surface area contributed by atoms with E-state index in [0.717, 1.165) is 55.7 Å². The van der Waals surface area contributed by atoms with Gasteiger partial charge in [-0.1, -0.05) is 164 Å². The molecule has 0 radical (unpaired) electrons. The second-order valence-electron chi connectivity index (χ2n) is 12.1. The Bertz CT molecular complexity index is 2070. The Kier molecular flexibility index (Phi) is 9.67. The van der Waals surface area contributed by atoms with Gasteiger partial charge in [0.25, 0.3) is 0 Å². The van der Waals surface area contributed by atoms with Gasteiger partial charge in [-0.3, -0.25) is 15.1 Å². The van der Waals surface area contributed by atoms with Gasteiger partial charge >= 0.3 is 5.97 Å². The zero-order valence-corrected chi connectivity index (χ0v) is 27.8. The summed E-state index contributed by atoms with van der Waals surface area (Å²) in [4.78, 5) is 23.9. The number of aliphatic imine (C=N–C) groups is 1. The van der Waals surface area contributed by atoms with Gasteiger partial charge in [0.05, 0.1) is 29.6 Å². The van der Waals surface area contributed by atoms with Gasteiger partial charge in [-0.05, 0) is 40.8 Å². The lowest BCUT2D eigenvalue weighted by Crippen LogP contribution is -2.53. The molecule has 0 bridgehead atoms. The van der Waals surface area contributed by atoms with Crippen LogP contribution in [0, 0.1) is 0 Å². The SMILES string of the molecule is COC(=O)[C@H](Cc1ccc(N=C(c2ccccc2)c2ccccc2)c2ncccc12)NC(c1ccccc1)(c1ccccc1)c1ccccc1. The fourth-order valence-corrected chi connectivity index (χ4v) is 6.72. The first kappa shape index (κ1) is 32.4. The molecule has 7 aromatic rings. The molecule has 5 heteroatoms. The third-order valence-corrected chi connectivity index (χ3v) is 9.09. The average molecular weight is 652 g/mol. The monoisotopic (exact) mass is 651 g/mol. The fourth-order valence-electron chi connectivity index (χ4n) is 6.72. The number of hydrogen-bond acceptors (Lipinski definition) is 5. The van der Waals surface area contributed by atoms with E-state index < -0.39 is 11.6 Å². The number of fused-ring (bicyclic) bond motifs is 1. The largest absolute Gasteiger partial charge is 0.468 e. The van der Waals surface area contributed by atoms with Gasteiger partial charge in [0.1, 0.15) is 6.04 Å². The zero-order valence-electron chi connectivity index (χ0n) is 27.8. The molecule has 6 aromatic carbocycles. The Hall–Kier alpha value is -6.17. The Morgan fingerprint density at radius 1 is 0.640 bits per heavy atom. The number of benzene rings is 6. The van der Waals surface area contributed by atoms with Gasteiger partial charge < -0.3 is 4.74 Å². The van der Waals surface area contributed by atoms with Crippen molar-refractivity contribution in [3.05, 3.63) is 216 Å². The lowest BCUT2D eigenvalue weighted by atomic mass is 9.76. The van der Waals surface area contributed by atoms with Gasteiger partial charge in [0.2, 0.25) is 0 Å². The number of nitrogens with zero attached hydrogens (tertiary/aromatic N) is 2. The summed E-state index contributed by atoms with van der Waals surface area (Å²) in [6.07, 6.45) is 2.15. The molecule has 1 heterocycles. The predicted molar refractivity (Wildman–Crippen MR) is 202 cm³/mol. The standard InChI is InChI=1S/C45H37N3O2/c1-50-44(49)41(48-45(36-22-11-4-12-23-36,37-24-13-5-14-25-37)38-26-15-6-16-27-38)32-35-29-30-40(43-39(35)28-17-31-46-43)47-42(33-18-7-2-8-19-33)34-20-9-3-10-21-34/h2-31,41,48H,32H2,1H3/t41-/m0/s1. The van der Waals surface area contributed by atoms with Gasteiger partial charge in [-0.2, -0.15) is 0 Å². The summed E-state index contributed by atoms with van der Waals surface area (Å²) in [7, 11) is 1.44. The minimum atomic E-state index is -0.860. The number of carbonyl (C=O) groups excluding carboxylic acids is 1. The van der Waals surface area contributed by atoms with Crippen LogP contribution < -0.4 is 5.32 Å². The molecule has 0 spiro atoms. The molecule has 0 amide bonds. The van der Waals surface area contributed by atoms with Gasteiger partial charge in [-0.15, -0.1) is 0 Å². The zero-order chi connectivity index (χ0) is 34.2. The van der Waals surface area contributed by atoms with E-state index in [-0.39, 0.29) is 5.97 Å². The predicted octanol–water partition coefficient (Wildman–Crippen LogP) is 9.07. The molecule has 0 fully saturated rings. The highest BCUT2D eigenvalue weighted by Crippen LogP contribution is 2.38. The highest BCUT2D eigenvalue weighted by atomic mass is 16.5. The Labute approximate surface area is 293 Å². The lowest BCUT2D eigenvalue weighted by Gasteiger charge is -2.39. The molecule has 7 rings (SSSR count). The summed E-state index contributed by atoms with van der Waals surface area (Å²) >= 11 is 0. The molecular weight excluding hydrogens is 615 g/mol. The quantitative estimate of drug-likeness (QED) is 0.0861. The smallest absolute Gasteiger partial charge is 0.323 e. The highest BCUT2D eigenvalue weighted by molar-refractivity contribution is 6.14. The molecular formula is C45H37N3O2. The normalized spacial score (nSPS) is 11.9. The van der Waals surface area contributed by atoms with Crippen molar-refractivity contribution in [2.45, 2.75) is 18.0 Å². The van der Waals surface area contributed by atoms with Gasteiger partial charge in [-0.25, -0.2) is 4.99 Å². The van der Waals surface area contributed by atoms with Crippen LogP contribution in [0.1, 0.15) is 33.4 Å². The van der Waals surface area contributed by atoms with Crippen LogP contribution >= 0.6 is 0 Å². The van der Waals surface area contributed by atoms with E-state index in [2.05, 4.69) is 78.1 Å². The van der Waals surface area contributed by atoms with Crippen molar-refractivity contribution in [2.75, 3.05) is 7.11 Å². The van der Waals surface area contributed by atoms with Crippen LogP contribution in [0.2, 0.25) is 0 Å². The van der Waals surface area contributed by atoms with Gasteiger partial charge in [0, 0.05) is 22.7 Å². The van der Waals surface area contributed by atoms with E-state index in [9.17, 15) is 4.79 Å². The van der Waals surface area contributed by atoms with Crippen molar-refractivity contribution in [2.24, 2.45) is 4.99 Å². The molecule has 0 saturated heterocycles. The van der Waals surface area contributed by atoms with Crippen LogP contribution in [0.5, 0.6) is 0 Å². The van der Waals surface area contributed by atoms with Crippen molar-refractivity contribution >= 4 is 28.3 Å². The molecule has 1 aromatic heterocycles. The molecule has 50 heavy (non-hydrogen) atoms. The molecule has 5 nitrogen and oxygen atoms in total. The Balaban J connectivity index is 1.35. The maximum atomic E-state index is 13.8. The van der Waals surface area contributed by atoms with E-state index in [1.54, 1.807) is 6.20 Å². The summed E-state index contributed by atoms with van der Waals surface area (Å²) in [5, 5.41) is 4.77. The van der Waals surface area contributed by atoms with Crippen molar-refractivity contribution in [3.63, 3.8) is 0 Å². The van der Waals surface area contributed by atoms with E-state index in [0.29, 0.717) is 6.42 Å². The molecule has 0 saturated carbocycles. The number of pyridine rings is 1. The van der Waals surface area contributed by atoms with Crippen LogP contribution in [0.25, 0.3) is 10.9 Å². The molecule has 1 atom stereocenters. The van der Waals surface area contributed by atoms with E-state index >= 15 is 0 Å². The number of ether oxygens (including phenoxy) is 1.